The first-order valence-corrected chi connectivity index (χ1v) is 10.6. The van der Waals surface area contributed by atoms with Crippen molar-refractivity contribution in [2.24, 2.45) is 0 Å². The molecule has 7 heteroatoms. The molecule has 4 aromatic rings. The second-order valence-electron chi connectivity index (χ2n) is 7.72. The molecule has 4 rings (SSSR count). The van der Waals surface area contributed by atoms with E-state index in [2.05, 4.69) is 10.1 Å². The van der Waals surface area contributed by atoms with Crippen molar-refractivity contribution >= 4 is 5.91 Å². The Kier molecular flexibility index (Phi) is 6.40. The standard InChI is InChI=1S/C26H26N4O3/c1-18-10-13-21(14-11-18)30-25(20-8-6-5-7-9-20)27-24(28-30)26(31)29(2)17-19-12-15-22(32-3)23(16-19)33-4/h5-16H,17H2,1-4H3. The Morgan fingerprint density at radius 1 is 0.939 bits per heavy atom. The number of hydrogen-bond donors (Lipinski definition) is 0. The maximum Gasteiger partial charge on any atom is 0.293 e. The van der Waals surface area contributed by atoms with Crippen molar-refractivity contribution in [2.45, 2.75) is 13.5 Å². The number of ether oxygens (including phenoxy) is 2. The SMILES string of the molecule is COc1ccc(CN(C)C(=O)c2nc(-c3ccccc3)n(-c3ccc(C)cc3)n2)cc1OC. The fourth-order valence-corrected chi connectivity index (χ4v) is 3.54. The van der Waals surface area contributed by atoms with Crippen LogP contribution in [-0.4, -0.2) is 46.8 Å². The minimum absolute atomic E-state index is 0.136. The molecule has 0 N–H and O–H groups in total. The van der Waals surface area contributed by atoms with Gasteiger partial charge in [0.05, 0.1) is 19.9 Å². The highest BCUT2D eigenvalue weighted by Crippen LogP contribution is 2.28. The van der Waals surface area contributed by atoms with Crippen molar-refractivity contribution in [3.63, 3.8) is 0 Å². The molecule has 168 valence electrons. The lowest BCUT2D eigenvalue weighted by molar-refractivity contribution is 0.0773. The molecule has 0 unspecified atom stereocenters. The number of aromatic nitrogens is 3. The Balaban J connectivity index is 1.65. The number of nitrogens with zero attached hydrogens (tertiary/aromatic N) is 4. The molecule has 0 aliphatic rings. The fraction of sp³-hybridized carbons (Fsp3) is 0.192. The quantitative estimate of drug-likeness (QED) is 0.421. The minimum atomic E-state index is -0.271. The summed E-state index contributed by atoms with van der Waals surface area (Å²) in [5.41, 5.74) is 3.77. The van der Waals surface area contributed by atoms with E-state index >= 15 is 0 Å². The third kappa shape index (κ3) is 4.72. The molecule has 0 fully saturated rings. The molecule has 33 heavy (non-hydrogen) atoms. The molecular weight excluding hydrogens is 416 g/mol. The molecule has 1 aromatic heterocycles. The number of amides is 1. The lowest BCUT2D eigenvalue weighted by Crippen LogP contribution is -2.27. The van der Waals surface area contributed by atoms with Crippen LogP contribution in [0.4, 0.5) is 0 Å². The van der Waals surface area contributed by atoms with Gasteiger partial charge in [0.2, 0.25) is 5.82 Å². The molecule has 0 aliphatic carbocycles. The first kappa shape index (κ1) is 22.1. The monoisotopic (exact) mass is 442 g/mol. The van der Waals surface area contributed by atoms with Gasteiger partial charge in [0.1, 0.15) is 0 Å². The van der Waals surface area contributed by atoms with Crippen LogP contribution in [0.1, 0.15) is 21.7 Å². The number of carbonyl (C=O) groups is 1. The van der Waals surface area contributed by atoms with Crippen LogP contribution in [0, 0.1) is 6.92 Å². The van der Waals surface area contributed by atoms with Gasteiger partial charge in [0.25, 0.3) is 5.91 Å². The van der Waals surface area contributed by atoms with Crippen LogP contribution in [0.25, 0.3) is 17.1 Å². The van der Waals surface area contributed by atoms with Crippen LogP contribution in [0.3, 0.4) is 0 Å². The molecule has 0 atom stereocenters. The van der Waals surface area contributed by atoms with Crippen molar-refractivity contribution < 1.29 is 14.3 Å². The highest BCUT2D eigenvalue weighted by atomic mass is 16.5. The maximum absolute atomic E-state index is 13.2. The molecule has 0 radical (unpaired) electrons. The Morgan fingerprint density at radius 2 is 1.64 bits per heavy atom. The number of benzene rings is 3. The Hall–Kier alpha value is -4.13. The van der Waals surface area contributed by atoms with Gasteiger partial charge in [0, 0.05) is 19.2 Å². The molecule has 0 spiro atoms. The highest BCUT2D eigenvalue weighted by Gasteiger charge is 2.22. The highest BCUT2D eigenvalue weighted by molar-refractivity contribution is 5.91. The Labute approximate surface area is 193 Å². The summed E-state index contributed by atoms with van der Waals surface area (Å²) >= 11 is 0. The van der Waals surface area contributed by atoms with Gasteiger partial charge in [-0.15, -0.1) is 5.10 Å². The third-order valence-corrected chi connectivity index (χ3v) is 5.32. The van der Waals surface area contributed by atoms with Gasteiger partial charge in [-0.2, -0.15) is 0 Å². The van der Waals surface area contributed by atoms with Crippen molar-refractivity contribution in [3.8, 4) is 28.6 Å². The maximum atomic E-state index is 13.2. The predicted octanol–water partition coefficient (Wildman–Crippen LogP) is 4.53. The summed E-state index contributed by atoms with van der Waals surface area (Å²) in [6, 6.07) is 23.3. The second-order valence-corrected chi connectivity index (χ2v) is 7.72. The lowest BCUT2D eigenvalue weighted by Gasteiger charge is -2.16. The second kappa shape index (κ2) is 9.56. The van der Waals surface area contributed by atoms with E-state index in [1.807, 2.05) is 79.7 Å². The van der Waals surface area contributed by atoms with Gasteiger partial charge in [-0.1, -0.05) is 54.1 Å². The molecule has 3 aromatic carbocycles. The number of hydrogen-bond acceptors (Lipinski definition) is 5. The van der Waals surface area contributed by atoms with Gasteiger partial charge >= 0.3 is 0 Å². The van der Waals surface area contributed by atoms with E-state index in [-0.39, 0.29) is 11.7 Å². The zero-order valence-electron chi connectivity index (χ0n) is 19.1. The molecule has 7 nitrogen and oxygen atoms in total. The summed E-state index contributed by atoms with van der Waals surface area (Å²) in [5.74, 6) is 1.73. The average Bonchev–Trinajstić information content (AvgIpc) is 3.30. The Morgan fingerprint density at radius 3 is 2.30 bits per heavy atom. The lowest BCUT2D eigenvalue weighted by atomic mass is 10.2. The van der Waals surface area contributed by atoms with Crippen molar-refractivity contribution in [1.82, 2.24) is 19.7 Å². The molecule has 0 saturated heterocycles. The third-order valence-electron chi connectivity index (χ3n) is 5.32. The van der Waals surface area contributed by atoms with E-state index in [0.29, 0.717) is 23.9 Å². The van der Waals surface area contributed by atoms with Crippen LogP contribution >= 0.6 is 0 Å². The van der Waals surface area contributed by atoms with E-state index in [4.69, 9.17) is 9.47 Å². The van der Waals surface area contributed by atoms with E-state index < -0.39 is 0 Å². The number of aryl methyl sites for hydroxylation is 1. The van der Waals surface area contributed by atoms with Crippen LogP contribution in [0.2, 0.25) is 0 Å². The normalized spacial score (nSPS) is 10.7. The number of methoxy groups -OCH3 is 2. The van der Waals surface area contributed by atoms with E-state index in [0.717, 1.165) is 22.4 Å². The summed E-state index contributed by atoms with van der Waals surface area (Å²) in [4.78, 5) is 19.4. The van der Waals surface area contributed by atoms with E-state index in [9.17, 15) is 4.79 Å². The molecule has 1 amide bonds. The van der Waals surface area contributed by atoms with Crippen LogP contribution in [0.15, 0.2) is 72.8 Å². The molecule has 1 heterocycles. The van der Waals surface area contributed by atoms with Crippen LogP contribution in [0.5, 0.6) is 11.5 Å². The average molecular weight is 443 g/mol. The molecule has 0 aliphatic heterocycles. The zero-order valence-corrected chi connectivity index (χ0v) is 19.1. The summed E-state index contributed by atoms with van der Waals surface area (Å²) in [5, 5.41) is 4.58. The van der Waals surface area contributed by atoms with Crippen molar-refractivity contribution in [1.29, 1.82) is 0 Å². The zero-order chi connectivity index (χ0) is 23.4. The number of carbonyl (C=O) groups excluding carboxylic acids is 1. The summed E-state index contributed by atoms with van der Waals surface area (Å²) in [7, 11) is 4.91. The van der Waals surface area contributed by atoms with Crippen LogP contribution < -0.4 is 9.47 Å². The van der Waals surface area contributed by atoms with Gasteiger partial charge in [-0.05, 0) is 36.8 Å². The van der Waals surface area contributed by atoms with Gasteiger partial charge in [0.15, 0.2) is 17.3 Å². The van der Waals surface area contributed by atoms with Crippen molar-refractivity contribution in [3.05, 3.63) is 89.7 Å². The summed E-state index contributed by atoms with van der Waals surface area (Å²) in [6.07, 6.45) is 0. The predicted molar refractivity (Wildman–Crippen MR) is 127 cm³/mol. The molecule has 0 saturated carbocycles. The van der Waals surface area contributed by atoms with Gasteiger partial charge in [-0.25, -0.2) is 9.67 Å². The smallest absolute Gasteiger partial charge is 0.293 e. The minimum Gasteiger partial charge on any atom is -0.493 e. The fourth-order valence-electron chi connectivity index (χ4n) is 3.54. The van der Waals surface area contributed by atoms with E-state index in [1.54, 1.807) is 30.8 Å². The number of rotatable bonds is 7. The topological polar surface area (TPSA) is 69.5 Å². The van der Waals surface area contributed by atoms with E-state index in [1.165, 1.54) is 0 Å². The Bertz CT molecular complexity index is 1250. The first-order valence-electron chi connectivity index (χ1n) is 10.6. The largest absolute Gasteiger partial charge is 0.493 e. The van der Waals surface area contributed by atoms with Gasteiger partial charge in [-0.3, -0.25) is 4.79 Å². The van der Waals surface area contributed by atoms with Crippen molar-refractivity contribution in [2.75, 3.05) is 21.3 Å². The molecule has 0 bridgehead atoms. The summed E-state index contributed by atoms with van der Waals surface area (Å²) < 4.78 is 12.4. The molecular formula is C26H26N4O3. The summed E-state index contributed by atoms with van der Waals surface area (Å²) in [6.45, 7) is 2.40. The van der Waals surface area contributed by atoms with Gasteiger partial charge < -0.3 is 14.4 Å². The van der Waals surface area contributed by atoms with Crippen LogP contribution in [-0.2, 0) is 6.54 Å². The first-order chi connectivity index (χ1) is 16.0.